The summed E-state index contributed by atoms with van der Waals surface area (Å²) in [5.41, 5.74) is 2.36. The lowest BCUT2D eigenvalue weighted by atomic mass is 10.0. The van der Waals surface area contributed by atoms with Crippen molar-refractivity contribution < 1.29 is 0 Å². The summed E-state index contributed by atoms with van der Waals surface area (Å²) in [5.74, 6) is 0. The van der Waals surface area contributed by atoms with Crippen LogP contribution < -0.4 is 5.32 Å². The zero-order chi connectivity index (χ0) is 15.2. The highest BCUT2D eigenvalue weighted by molar-refractivity contribution is 6.35. The average Bonchev–Trinajstić information content (AvgIpc) is 2.90. The Morgan fingerprint density at radius 1 is 1.24 bits per heavy atom. The van der Waals surface area contributed by atoms with Crippen LogP contribution in [0.15, 0.2) is 30.6 Å². The highest BCUT2D eigenvalue weighted by atomic mass is 35.5. The third-order valence-corrected chi connectivity index (χ3v) is 4.05. The number of nitrogens with zero attached hydrogens (tertiary/aromatic N) is 2. The van der Waals surface area contributed by atoms with Crippen molar-refractivity contribution in [3.05, 3.63) is 51.8 Å². The molecule has 0 radical (unpaired) electrons. The van der Waals surface area contributed by atoms with E-state index in [1.807, 2.05) is 23.0 Å². The van der Waals surface area contributed by atoms with Gasteiger partial charge in [0.05, 0.1) is 6.20 Å². The van der Waals surface area contributed by atoms with Crippen LogP contribution in [0.25, 0.3) is 0 Å². The van der Waals surface area contributed by atoms with E-state index < -0.39 is 0 Å². The van der Waals surface area contributed by atoms with Gasteiger partial charge in [-0.3, -0.25) is 4.68 Å². The monoisotopic (exact) mass is 325 g/mol. The van der Waals surface area contributed by atoms with Gasteiger partial charge in [0, 0.05) is 28.8 Å². The first-order valence-electron chi connectivity index (χ1n) is 7.31. The Labute approximate surface area is 136 Å². The molecule has 0 amide bonds. The fourth-order valence-electron chi connectivity index (χ4n) is 2.43. The van der Waals surface area contributed by atoms with Crippen LogP contribution in [0.4, 0.5) is 0 Å². The number of likely N-dealkylation sites (N-methyl/N-ethyl adjacent to an activating group) is 1. The minimum Gasteiger partial charge on any atom is -0.314 e. The molecule has 2 aromatic rings. The molecule has 1 atom stereocenters. The van der Waals surface area contributed by atoms with Crippen LogP contribution in [0.5, 0.6) is 0 Å². The van der Waals surface area contributed by atoms with Crippen molar-refractivity contribution in [1.29, 1.82) is 0 Å². The Balaban J connectivity index is 2.07. The molecular weight excluding hydrogens is 305 g/mol. The molecule has 0 aliphatic heterocycles. The zero-order valence-corrected chi connectivity index (χ0v) is 14.0. The summed E-state index contributed by atoms with van der Waals surface area (Å²) in [7, 11) is 0. The lowest BCUT2D eigenvalue weighted by Crippen LogP contribution is -2.33. The van der Waals surface area contributed by atoms with Gasteiger partial charge in [-0.15, -0.1) is 0 Å². The Morgan fingerprint density at radius 2 is 2.05 bits per heavy atom. The van der Waals surface area contributed by atoms with Crippen molar-refractivity contribution in [2.75, 3.05) is 6.54 Å². The maximum absolute atomic E-state index is 6.27. The van der Waals surface area contributed by atoms with Crippen molar-refractivity contribution >= 4 is 23.2 Å². The van der Waals surface area contributed by atoms with E-state index in [0.717, 1.165) is 36.5 Å². The van der Waals surface area contributed by atoms with Crippen LogP contribution in [-0.4, -0.2) is 22.4 Å². The summed E-state index contributed by atoms with van der Waals surface area (Å²) in [6, 6.07) is 6.03. The maximum Gasteiger partial charge on any atom is 0.0522 e. The van der Waals surface area contributed by atoms with Crippen LogP contribution in [0.3, 0.4) is 0 Å². The summed E-state index contributed by atoms with van der Waals surface area (Å²) in [6.07, 6.45) is 5.86. The molecule has 1 heterocycles. The Kier molecular flexibility index (Phi) is 6.09. The molecule has 21 heavy (non-hydrogen) atoms. The highest BCUT2D eigenvalue weighted by Crippen LogP contribution is 2.22. The molecule has 0 aliphatic carbocycles. The Morgan fingerprint density at radius 3 is 2.67 bits per heavy atom. The molecule has 1 unspecified atom stereocenters. The number of benzene rings is 1. The molecule has 0 fully saturated rings. The van der Waals surface area contributed by atoms with E-state index >= 15 is 0 Å². The minimum atomic E-state index is 0.336. The van der Waals surface area contributed by atoms with Crippen LogP contribution >= 0.6 is 23.2 Å². The average molecular weight is 326 g/mol. The van der Waals surface area contributed by atoms with E-state index in [0.29, 0.717) is 11.1 Å². The van der Waals surface area contributed by atoms with Gasteiger partial charge in [-0.1, -0.05) is 36.2 Å². The molecule has 3 nitrogen and oxygen atoms in total. The first-order valence-corrected chi connectivity index (χ1v) is 8.06. The molecule has 2 rings (SSSR count). The number of nitrogens with one attached hydrogen (secondary N) is 1. The third kappa shape index (κ3) is 4.73. The summed E-state index contributed by atoms with van der Waals surface area (Å²) in [4.78, 5) is 0. The molecule has 0 spiro atoms. The quantitative estimate of drug-likeness (QED) is 0.834. The predicted molar refractivity (Wildman–Crippen MR) is 89.2 cm³/mol. The number of halogens is 2. The molecule has 5 heteroatoms. The maximum atomic E-state index is 6.27. The second-order valence-corrected chi connectivity index (χ2v) is 5.95. The van der Waals surface area contributed by atoms with Gasteiger partial charge in [0.2, 0.25) is 0 Å². The number of rotatable bonds is 7. The van der Waals surface area contributed by atoms with Gasteiger partial charge in [-0.25, -0.2) is 0 Å². The first kappa shape index (κ1) is 16.3. The van der Waals surface area contributed by atoms with Crippen LogP contribution in [0.1, 0.15) is 25.0 Å². The van der Waals surface area contributed by atoms with Gasteiger partial charge < -0.3 is 5.32 Å². The summed E-state index contributed by atoms with van der Waals surface area (Å²) >= 11 is 12.2. The molecule has 0 aliphatic rings. The third-order valence-electron chi connectivity index (χ3n) is 3.47. The van der Waals surface area contributed by atoms with Gasteiger partial charge in [0.25, 0.3) is 0 Å². The molecule has 1 aromatic carbocycles. The van der Waals surface area contributed by atoms with Gasteiger partial charge in [0.1, 0.15) is 0 Å². The van der Waals surface area contributed by atoms with E-state index in [2.05, 4.69) is 30.5 Å². The largest absolute Gasteiger partial charge is 0.314 e. The fourth-order valence-corrected chi connectivity index (χ4v) is 2.91. The Hall–Kier alpha value is -1.03. The SMILES string of the molecule is CCNC(Cc1cnn(CC)c1)Cc1ccc(Cl)cc1Cl. The van der Waals surface area contributed by atoms with Crippen LogP contribution in [0, 0.1) is 0 Å². The standard InChI is InChI=1S/C16H21Cl2N3/c1-3-19-15(7-12-10-20-21(4-2)11-12)8-13-5-6-14(17)9-16(13)18/h5-6,9-11,15,19H,3-4,7-8H2,1-2H3. The zero-order valence-electron chi connectivity index (χ0n) is 12.4. The number of aromatic nitrogens is 2. The van der Waals surface area contributed by atoms with E-state index in [4.69, 9.17) is 23.2 Å². The van der Waals surface area contributed by atoms with Crippen molar-refractivity contribution in [2.24, 2.45) is 0 Å². The molecular formula is C16H21Cl2N3. The number of hydrogen-bond acceptors (Lipinski definition) is 2. The first-order chi connectivity index (χ1) is 10.1. The van der Waals surface area contributed by atoms with Crippen molar-refractivity contribution in [3.8, 4) is 0 Å². The number of hydrogen-bond donors (Lipinski definition) is 1. The lowest BCUT2D eigenvalue weighted by molar-refractivity contribution is 0.521. The molecule has 1 aromatic heterocycles. The topological polar surface area (TPSA) is 29.9 Å². The summed E-state index contributed by atoms with van der Waals surface area (Å²) in [6.45, 7) is 6.03. The van der Waals surface area contributed by atoms with Crippen LogP contribution in [0.2, 0.25) is 10.0 Å². The van der Waals surface area contributed by atoms with Gasteiger partial charge >= 0.3 is 0 Å². The van der Waals surface area contributed by atoms with Crippen molar-refractivity contribution in [2.45, 2.75) is 39.3 Å². The molecule has 0 saturated heterocycles. The van der Waals surface area contributed by atoms with E-state index in [-0.39, 0.29) is 0 Å². The van der Waals surface area contributed by atoms with Gasteiger partial charge in [-0.2, -0.15) is 5.10 Å². The van der Waals surface area contributed by atoms with Gasteiger partial charge in [-0.05, 0) is 49.6 Å². The summed E-state index contributed by atoms with van der Waals surface area (Å²) in [5, 5.41) is 9.25. The predicted octanol–water partition coefficient (Wildman–Crippen LogP) is 3.97. The fraction of sp³-hybridized carbons (Fsp3) is 0.438. The van der Waals surface area contributed by atoms with Crippen molar-refractivity contribution in [3.63, 3.8) is 0 Å². The van der Waals surface area contributed by atoms with Crippen molar-refractivity contribution in [1.82, 2.24) is 15.1 Å². The second-order valence-electron chi connectivity index (χ2n) is 5.10. The molecule has 114 valence electrons. The lowest BCUT2D eigenvalue weighted by Gasteiger charge is -2.18. The minimum absolute atomic E-state index is 0.336. The second kappa shape index (κ2) is 7.83. The van der Waals surface area contributed by atoms with E-state index in [9.17, 15) is 0 Å². The molecule has 1 N–H and O–H groups in total. The normalized spacial score (nSPS) is 12.6. The van der Waals surface area contributed by atoms with E-state index in [1.54, 1.807) is 6.07 Å². The van der Waals surface area contributed by atoms with E-state index in [1.165, 1.54) is 5.56 Å². The van der Waals surface area contributed by atoms with Gasteiger partial charge in [0.15, 0.2) is 0 Å². The highest BCUT2D eigenvalue weighted by Gasteiger charge is 2.13. The molecule has 0 bridgehead atoms. The van der Waals surface area contributed by atoms with Crippen LogP contribution in [-0.2, 0) is 19.4 Å². The Bertz CT molecular complexity index is 581. The smallest absolute Gasteiger partial charge is 0.0522 e. The number of aryl methyl sites for hydroxylation is 1. The molecule has 0 saturated carbocycles. The summed E-state index contributed by atoms with van der Waals surface area (Å²) < 4.78 is 1.95.